The quantitative estimate of drug-likeness (QED) is 0.774. The van der Waals surface area contributed by atoms with E-state index in [1.165, 1.54) is 6.07 Å². The van der Waals surface area contributed by atoms with E-state index in [1.54, 1.807) is 19.1 Å². The van der Waals surface area contributed by atoms with E-state index >= 15 is 0 Å². The van der Waals surface area contributed by atoms with Gasteiger partial charge in [-0.05, 0) is 43.4 Å². The fourth-order valence-corrected chi connectivity index (χ4v) is 2.01. The Bertz CT molecular complexity index is 557. The topological polar surface area (TPSA) is 75.6 Å². The van der Waals surface area contributed by atoms with E-state index in [1.807, 2.05) is 0 Å². The van der Waals surface area contributed by atoms with Crippen molar-refractivity contribution in [3.05, 3.63) is 29.6 Å². The summed E-state index contributed by atoms with van der Waals surface area (Å²) < 4.78 is 19.4. The SMILES string of the molecule is CC(NC(=O)CCC(=O)O)c1ccc(OCC2CC2)c(F)c1. The Balaban J connectivity index is 1.88. The van der Waals surface area contributed by atoms with Crippen molar-refractivity contribution < 1.29 is 23.8 Å². The Morgan fingerprint density at radius 2 is 2.14 bits per heavy atom. The second kappa shape index (κ2) is 7.24. The second-order valence-electron chi connectivity index (χ2n) is 5.63. The van der Waals surface area contributed by atoms with Crippen LogP contribution in [0.5, 0.6) is 5.75 Å². The minimum absolute atomic E-state index is 0.0925. The number of carboxylic acids is 1. The maximum Gasteiger partial charge on any atom is 0.303 e. The van der Waals surface area contributed by atoms with Crippen LogP contribution in [0.15, 0.2) is 18.2 Å². The smallest absolute Gasteiger partial charge is 0.303 e. The highest BCUT2D eigenvalue weighted by Crippen LogP contribution is 2.30. The molecule has 6 heteroatoms. The highest BCUT2D eigenvalue weighted by atomic mass is 19.1. The maximum atomic E-state index is 14.0. The molecule has 1 aliphatic rings. The van der Waals surface area contributed by atoms with Gasteiger partial charge >= 0.3 is 5.97 Å². The van der Waals surface area contributed by atoms with E-state index < -0.39 is 17.8 Å². The predicted molar refractivity (Wildman–Crippen MR) is 78.0 cm³/mol. The molecule has 1 atom stereocenters. The number of carbonyl (C=O) groups excluding carboxylic acids is 1. The highest BCUT2D eigenvalue weighted by molar-refractivity contribution is 5.80. The molecule has 2 rings (SSSR count). The maximum absolute atomic E-state index is 14.0. The molecule has 0 saturated heterocycles. The number of rotatable bonds is 8. The molecule has 1 unspecified atom stereocenters. The zero-order valence-corrected chi connectivity index (χ0v) is 12.5. The van der Waals surface area contributed by atoms with Crippen LogP contribution in [0, 0.1) is 11.7 Å². The van der Waals surface area contributed by atoms with Crippen LogP contribution in [0.25, 0.3) is 0 Å². The minimum Gasteiger partial charge on any atom is -0.490 e. The molecule has 1 aliphatic carbocycles. The summed E-state index contributed by atoms with van der Waals surface area (Å²) in [7, 11) is 0. The average Bonchev–Trinajstić information content (AvgIpc) is 3.28. The molecule has 22 heavy (non-hydrogen) atoms. The van der Waals surface area contributed by atoms with Crippen molar-refractivity contribution in [3.8, 4) is 5.75 Å². The van der Waals surface area contributed by atoms with Crippen molar-refractivity contribution in [2.45, 2.75) is 38.6 Å². The number of benzene rings is 1. The number of ether oxygens (including phenoxy) is 1. The van der Waals surface area contributed by atoms with Crippen LogP contribution in [-0.2, 0) is 9.59 Å². The lowest BCUT2D eigenvalue weighted by atomic mass is 10.1. The largest absolute Gasteiger partial charge is 0.490 e. The molecule has 1 amide bonds. The first kappa shape index (κ1) is 16.3. The fraction of sp³-hybridized carbons (Fsp3) is 0.500. The van der Waals surface area contributed by atoms with Crippen LogP contribution in [0.1, 0.15) is 44.2 Å². The normalized spacial score (nSPS) is 15.2. The van der Waals surface area contributed by atoms with Gasteiger partial charge < -0.3 is 15.2 Å². The summed E-state index contributed by atoms with van der Waals surface area (Å²) in [6.45, 7) is 2.26. The summed E-state index contributed by atoms with van der Waals surface area (Å²) in [6, 6.07) is 4.21. The summed E-state index contributed by atoms with van der Waals surface area (Å²) in [5.74, 6) is -1.08. The third-order valence-corrected chi connectivity index (χ3v) is 3.57. The monoisotopic (exact) mass is 309 g/mol. The lowest BCUT2D eigenvalue weighted by Crippen LogP contribution is -2.27. The van der Waals surface area contributed by atoms with Crippen molar-refractivity contribution in [3.63, 3.8) is 0 Å². The number of hydrogen-bond donors (Lipinski definition) is 2. The molecule has 120 valence electrons. The summed E-state index contributed by atoms with van der Waals surface area (Å²) >= 11 is 0. The van der Waals surface area contributed by atoms with Gasteiger partial charge in [-0.1, -0.05) is 6.07 Å². The van der Waals surface area contributed by atoms with E-state index in [9.17, 15) is 14.0 Å². The summed E-state index contributed by atoms with van der Waals surface area (Å²) in [4.78, 5) is 22.0. The molecule has 0 aliphatic heterocycles. The fourth-order valence-electron chi connectivity index (χ4n) is 2.01. The standard InChI is InChI=1S/C16H20FNO4/c1-10(18-15(19)6-7-16(20)21)12-4-5-14(13(17)8-12)22-9-11-2-3-11/h4-5,8,10-11H,2-3,6-7,9H2,1H3,(H,18,19)(H,20,21). The Morgan fingerprint density at radius 1 is 1.41 bits per heavy atom. The van der Waals surface area contributed by atoms with Crippen molar-refractivity contribution in [2.75, 3.05) is 6.61 Å². The Kier molecular flexibility index (Phi) is 5.35. The predicted octanol–water partition coefficient (Wildman–Crippen LogP) is 2.66. The van der Waals surface area contributed by atoms with E-state index in [0.29, 0.717) is 18.1 Å². The third kappa shape index (κ3) is 5.02. The first-order chi connectivity index (χ1) is 10.5. The second-order valence-corrected chi connectivity index (χ2v) is 5.63. The van der Waals surface area contributed by atoms with Gasteiger partial charge in [0, 0.05) is 6.42 Å². The molecule has 1 aromatic rings. The molecule has 1 aromatic carbocycles. The van der Waals surface area contributed by atoms with Gasteiger partial charge in [0.2, 0.25) is 5.91 Å². The molecule has 0 bridgehead atoms. The number of aliphatic carboxylic acids is 1. The van der Waals surface area contributed by atoms with Gasteiger partial charge in [-0.25, -0.2) is 4.39 Å². The van der Waals surface area contributed by atoms with Crippen molar-refractivity contribution in [2.24, 2.45) is 5.92 Å². The lowest BCUT2D eigenvalue weighted by Gasteiger charge is -2.15. The molecule has 0 radical (unpaired) electrons. The molecular weight excluding hydrogens is 289 g/mol. The van der Waals surface area contributed by atoms with Gasteiger partial charge in [0.15, 0.2) is 11.6 Å². The number of carboxylic acid groups (broad SMARTS) is 1. The molecule has 1 saturated carbocycles. The van der Waals surface area contributed by atoms with Gasteiger partial charge in [-0.2, -0.15) is 0 Å². The first-order valence-electron chi connectivity index (χ1n) is 7.39. The van der Waals surface area contributed by atoms with Gasteiger partial charge in [0.25, 0.3) is 0 Å². The van der Waals surface area contributed by atoms with E-state index in [2.05, 4.69) is 5.32 Å². The van der Waals surface area contributed by atoms with Gasteiger partial charge in [0.1, 0.15) is 0 Å². The number of carbonyl (C=O) groups is 2. The van der Waals surface area contributed by atoms with Gasteiger partial charge in [-0.3, -0.25) is 9.59 Å². The van der Waals surface area contributed by atoms with Crippen LogP contribution < -0.4 is 10.1 Å². The van der Waals surface area contributed by atoms with E-state index in [0.717, 1.165) is 12.8 Å². The van der Waals surface area contributed by atoms with E-state index in [4.69, 9.17) is 9.84 Å². The minimum atomic E-state index is -1.02. The molecule has 0 heterocycles. The number of hydrogen-bond acceptors (Lipinski definition) is 3. The number of nitrogens with one attached hydrogen (secondary N) is 1. The van der Waals surface area contributed by atoms with Crippen molar-refractivity contribution in [1.29, 1.82) is 0 Å². The molecule has 0 aromatic heterocycles. The third-order valence-electron chi connectivity index (χ3n) is 3.57. The van der Waals surface area contributed by atoms with Crippen LogP contribution in [0.2, 0.25) is 0 Å². The summed E-state index contributed by atoms with van der Waals surface area (Å²) in [6.07, 6.45) is 1.96. The number of amides is 1. The zero-order chi connectivity index (χ0) is 16.1. The Labute approximate surface area is 128 Å². The first-order valence-corrected chi connectivity index (χ1v) is 7.39. The van der Waals surface area contributed by atoms with Crippen LogP contribution in [0.3, 0.4) is 0 Å². The van der Waals surface area contributed by atoms with Crippen LogP contribution >= 0.6 is 0 Å². The van der Waals surface area contributed by atoms with Crippen LogP contribution in [0.4, 0.5) is 4.39 Å². The molecule has 2 N–H and O–H groups in total. The van der Waals surface area contributed by atoms with Crippen molar-refractivity contribution in [1.82, 2.24) is 5.32 Å². The van der Waals surface area contributed by atoms with Gasteiger partial charge in [-0.15, -0.1) is 0 Å². The molecule has 5 nitrogen and oxygen atoms in total. The van der Waals surface area contributed by atoms with Crippen molar-refractivity contribution >= 4 is 11.9 Å². The molecule has 0 spiro atoms. The summed E-state index contributed by atoms with van der Waals surface area (Å²) in [5, 5.41) is 11.2. The van der Waals surface area contributed by atoms with Gasteiger partial charge in [0.05, 0.1) is 19.1 Å². The van der Waals surface area contributed by atoms with E-state index in [-0.39, 0.29) is 24.5 Å². The molecular formula is C16H20FNO4. The lowest BCUT2D eigenvalue weighted by molar-refractivity contribution is -0.138. The highest BCUT2D eigenvalue weighted by Gasteiger charge is 2.22. The average molecular weight is 309 g/mol. The zero-order valence-electron chi connectivity index (χ0n) is 12.5. The number of halogens is 1. The van der Waals surface area contributed by atoms with Crippen LogP contribution in [-0.4, -0.2) is 23.6 Å². The molecule has 1 fully saturated rings. The Morgan fingerprint density at radius 3 is 2.73 bits per heavy atom. The Hall–Kier alpha value is -2.11. The summed E-state index contributed by atoms with van der Waals surface area (Å²) in [5.41, 5.74) is 0.611.